The number of halogens is 4. The van der Waals surface area contributed by atoms with Crippen molar-refractivity contribution in [1.82, 2.24) is 15.3 Å². The van der Waals surface area contributed by atoms with Crippen molar-refractivity contribution in [3.63, 3.8) is 0 Å². The van der Waals surface area contributed by atoms with Gasteiger partial charge in [-0.25, -0.2) is 13.8 Å². The fraction of sp³-hybridized carbons (Fsp3) is 0.375. The first-order valence-electron chi connectivity index (χ1n) is 11.3. The van der Waals surface area contributed by atoms with Crippen molar-refractivity contribution in [2.45, 2.75) is 46.4 Å². The highest BCUT2D eigenvalue weighted by molar-refractivity contribution is 5.93. The van der Waals surface area contributed by atoms with E-state index in [-0.39, 0.29) is 47.6 Å². The largest absolute Gasteiger partial charge is 0.489 e. The van der Waals surface area contributed by atoms with Gasteiger partial charge in [0.05, 0.1) is 31.6 Å². The lowest BCUT2D eigenvalue weighted by Crippen LogP contribution is -2.25. The Bertz CT molecular complexity index is 1180. The average Bonchev–Trinajstić information content (AvgIpc) is 3.59. The molecule has 0 bridgehead atoms. The summed E-state index contributed by atoms with van der Waals surface area (Å²) in [5.74, 6) is -2.12. The summed E-state index contributed by atoms with van der Waals surface area (Å²) in [5, 5.41) is 2.43. The van der Waals surface area contributed by atoms with Gasteiger partial charge in [0.2, 0.25) is 5.89 Å². The van der Waals surface area contributed by atoms with Gasteiger partial charge in [-0.3, -0.25) is 9.78 Å². The molecule has 0 saturated heterocycles. The molecule has 2 aromatic heterocycles. The lowest BCUT2D eigenvalue weighted by atomic mass is 10.2. The molecule has 4 rings (SSSR count). The van der Waals surface area contributed by atoms with E-state index in [4.69, 9.17) is 14.9 Å². The van der Waals surface area contributed by atoms with Crippen molar-refractivity contribution in [2.75, 3.05) is 6.61 Å². The van der Waals surface area contributed by atoms with E-state index in [9.17, 15) is 22.4 Å². The molecule has 0 spiro atoms. The Morgan fingerprint density at radius 2 is 1.97 bits per heavy atom. The van der Waals surface area contributed by atoms with Gasteiger partial charge in [-0.15, -0.1) is 0 Å². The zero-order valence-corrected chi connectivity index (χ0v) is 19.7. The molecule has 3 N–H and O–H groups in total. The van der Waals surface area contributed by atoms with Crippen LogP contribution in [0.5, 0.6) is 11.5 Å². The maximum absolute atomic E-state index is 13.8. The predicted molar refractivity (Wildman–Crippen MR) is 121 cm³/mol. The van der Waals surface area contributed by atoms with Crippen molar-refractivity contribution < 1.29 is 36.2 Å². The van der Waals surface area contributed by atoms with Crippen LogP contribution in [0.3, 0.4) is 0 Å². The summed E-state index contributed by atoms with van der Waals surface area (Å²) >= 11 is 0. The molecule has 194 valence electrons. The molecule has 2 heterocycles. The number of amides is 1. The van der Waals surface area contributed by atoms with Crippen LogP contribution >= 0.6 is 0 Å². The van der Waals surface area contributed by atoms with Gasteiger partial charge in [0, 0.05) is 11.6 Å². The molecule has 1 saturated carbocycles. The lowest BCUT2D eigenvalue weighted by molar-refractivity contribution is -0.0515. The quantitative estimate of drug-likeness (QED) is 0.376. The number of ether oxygens (including phenoxy) is 2. The number of rotatable bonds is 10. The zero-order valence-electron chi connectivity index (χ0n) is 19.7. The second kappa shape index (κ2) is 12.3. The molecule has 0 aliphatic heterocycles. The van der Waals surface area contributed by atoms with Gasteiger partial charge < -0.3 is 24.9 Å². The molecule has 1 amide bonds. The molecular weight excluding hydrogens is 484 g/mol. The Morgan fingerprint density at radius 1 is 1.22 bits per heavy atom. The zero-order chi connectivity index (χ0) is 26.2. The number of pyridine rings is 1. The van der Waals surface area contributed by atoms with E-state index < -0.39 is 24.2 Å². The third-order valence-corrected chi connectivity index (χ3v) is 4.98. The molecular formula is C24H26F4N4O4. The SMILES string of the molecule is CC.NCc1oc(-c2ccc(OC(F)F)c(OCC3CC3)c2)nc1C(=O)NCc1ncc(F)cc1F. The standard InChI is InChI=1S/C22H20F4N4O4.C2H6/c23-13-6-14(24)15(28-8-13)9-29-20(31)19-18(7-27)33-21(30-19)12-3-4-16(34-22(25)26)17(5-12)32-10-11-1-2-11;1-2/h3-6,8,11,22H,1-2,7,9-10,27H2,(H,29,31);1-2H3. The number of alkyl halides is 2. The second-order valence-electron chi connectivity index (χ2n) is 7.55. The molecule has 1 fully saturated rings. The van der Waals surface area contributed by atoms with Crippen molar-refractivity contribution in [2.24, 2.45) is 11.7 Å². The summed E-state index contributed by atoms with van der Waals surface area (Å²) in [6, 6.07) is 4.79. The van der Waals surface area contributed by atoms with Crippen molar-refractivity contribution in [3.8, 4) is 23.0 Å². The number of aromatic nitrogens is 2. The van der Waals surface area contributed by atoms with Crippen LogP contribution in [0.1, 0.15) is 48.6 Å². The van der Waals surface area contributed by atoms with Crippen LogP contribution in [0, 0.1) is 17.6 Å². The van der Waals surface area contributed by atoms with Crippen LogP contribution < -0.4 is 20.5 Å². The fourth-order valence-corrected chi connectivity index (χ4v) is 3.05. The van der Waals surface area contributed by atoms with Crippen LogP contribution in [-0.4, -0.2) is 29.1 Å². The highest BCUT2D eigenvalue weighted by Crippen LogP contribution is 2.36. The molecule has 1 aromatic carbocycles. The summed E-state index contributed by atoms with van der Waals surface area (Å²) < 4.78 is 68.0. The molecule has 1 aliphatic carbocycles. The first kappa shape index (κ1) is 26.9. The van der Waals surface area contributed by atoms with Crippen LogP contribution in [0.25, 0.3) is 11.5 Å². The summed E-state index contributed by atoms with van der Waals surface area (Å²) in [4.78, 5) is 20.4. The van der Waals surface area contributed by atoms with E-state index in [0.29, 0.717) is 24.2 Å². The number of carbonyl (C=O) groups excluding carboxylic acids is 1. The van der Waals surface area contributed by atoms with Gasteiger partial charge >= 0.3 is 6.61 Å². The summed E-state index contributed by atoms with van der Waals surface area (Å²) in [6.45, 7) is 0.826. The number of hydrogen-bond donors (Lipinski definition) is 2. The van der Waals surface area contributed by atoms with Crippen LogP contribution in [0.15, 0.2) is 34.9 Å². The van der Waals surface area contributed by atoms with Crippen LogP contribution in [0.2, 0.25) is 0 Å². The van der Waals surface area contributed by atoms with E-state index in [1.165, 1.54) is 18.2 Å². The number of benzene rings is 1. The molecule has 3 aromatic rings. The monoisotopic (exact) mass is 510 g/mol. The normalized spacial score (nSPS) is 12.7. The first-order valence-corrected chi connectivity index (χ1v) is 11.3. The van der Waals surface area contributed by atoms with Gasteiger partial charge in [0.1, 0.15) is 11.6 Å². The van der Waals surface area contributed by atoms with E-state index in [2.05, 4.69) is 20.0 Å². The van der Waals surface area contributed by atoms with Gasteiger partial charge in [-0.2, -0.15) is 8.78 Å². The third-order valence-electron chi connectivity index (χ3n) is 4.98. The van der Waals surface area contributed by atoms with Crippen molar-refractivity contribution in [1.29, 1.82) is 0 Å². The number of oxazole rings is 1. The van der Waals surface area contributed by atoms with Gasteiger partial charge in [-0.05, 0) is 37.0 Å². The molecule has 0 radical (unpaired) electrons. The minimum Gasteiger partial charge on any atom is -0.489 e. The van der Waals surface area contributed by atoms with Crippen molar-refractivity contribution >= 4 is 5.91 Å². The minimum absolute atomic E-state index is 0.00319. The highest BCUT2D eigenvalue weighted by atomic mass is 19.3. The summed E-state index contributed by atoms with van der Waals surface area (Å²) in [7, 11) is 0. The predicted octanol–water partition coefficient (Wildman–Crippen LogP) is 4.82. The van der Waals surface area contributed by atoms with E-state index in [1.807, 2.05) is 13.8 Å². The average molecular weight is 510 g/mol. The Hall–Kier alpha value is -3.67. The minimum atomic E-state index is -3.03. The number of carbonyl (C=O) groups is 1. The molecule has 12 heteroatoms. The number of hydrogen-bond acceptors (Lipinski definition) is 7. The highest BCUT2D eigenvalue weighted by Gasteiger charge is 2.25. The maximum Gasteiger partial charge on any atom is 0.387 e. The Labute approximate surface area is 204 Å². The van der Waals surface area contributed by atoms with E-state index in [1.54, 1.807) is 0 Å². The van der Waals surface area contributed by atoms with E-state index in [0.717, 1.165) is 19.0 Å². The molecule has 36 heavy (non-hydrogen) atoms. The Kier molecular flexibility index (Phi) is 9.23. The molecule has 0 atom stereocenters. The maximum atomic E-state index is 13.8. The van der Waals surface area contributed by atoms with Gasteiger partial charge in [0.15, 0.2) is 23.0 Å². The summed E-state index contributed by atoms with van der Waals surface area (Å²) in [6.07, 6.45) is 2.83. The van der Waals surface area contributed by atoms with Crippen LogP contribution in [0.4, 0.5) is 17.6 Å². The van der Waals surface area contributed by atoms with Gasteiger partial charge in [-0.1, -0.05) is 13.8 Å². The van der Waals surface area contributed by atoms with Gasteiger partial charge in [0.25, 0.3) is 5.91 Å². The van der Waals surface area contributed by atoms with E-state index >= 15 is 0 Å². The van der Waals surface area contributed by atoms with Crippen LogP contribution in [-0.2, 0) is 13.1 Å². The summed E-state index contributed by atoms with van der Waals surface area (Å²) in [5.41, 5.74) is 5.70. The molecule has 8 nitrogen and oxygen atoms in total. The number of nitrogens with two attached hydrogens (primary N) is 1. The third kappa shape index (κ3) is 6.94. The Balaban J connectivity index is 0.00000176. The topological polar surface area (TPSA) is 113 Å². The first-order chi connectivity index (χ1) is 17.3. The smallest absolute Gasteiger partial charge is 0.387 e. The number of nitrogens with zero attached hydrogens (tertiary/aromatic N) is 2. The second-order valence-corrected chi connectivity index (χ2v) is 7.55. The fourth-order valence-electron chi connectivity index (χ4n) is 3.05. The number of nitrogens with one attached hydrogen (secondary N) is 1. The van der Waals surface area contributed by atoms with Crippen molar-refractivity contribution in [3.05, 3.63) is 59.2 Å². The lowest BCUT2D eigenvalue weighted by Gasteiger charge is -2.12. The molecule has 0 unspecified atom stereocenters. The molecule has 1 aliphatic rings. The Morgan fingerprint density at radius 3 is 2.61 bits per heavy atom.